The Kier molecular flexibility index (Phi) is 4.62. The van der Waals surface area contributed by atoms with Gasteiger partial charge in [-0.15, -0.1) is 0 Å². The molecule has 0 atom stereocenters. The molecule has 1 aromatic carbocycles. The highest BCUT2D eigenvalue weighted by Gasteiger charge is 2.13. The van der Waals surface area contributed by atoms with Crippen LogP contribution in [0, 0.1) is 5.41 Å². The van der Waals surface area contributed by atoms with E-state index < -0.39 is 0 Å². The number of rotatable bonds is 4. The van der Waals surface area contributed by atoms with Gasteiger partial charge in [0.25, 0.3) is 0 Å². The molecule has 0 bridgehead atoms. The molecule has 3 rings (SSSR count). The van der Waals surface area contributed by atoms with Crippen LogP contribution < -0.4 is 10.2 Å². The molecule has 2 N–H and O–H groups in total. The molecular formula is C17H23N5O. The van der Waals surface area contributed by atoms with Crippen molar-refractivity contribution in [3.05, 3.63) is 42.5 Å². The molecule has 2 heterocycles. The lowest BCUT2D eigenvalue weighted by Gasteiger charge is -2.28. The van der Waals surface area contributed by atoms with E-state index in [1.807, 2.05) is 22.9 Å². The van der Waals surface area contributed by atoms with Gasteiger partial charge in [-0.05, 0) is 38.1 Å². The molecule has 0 spiro atoms. The molecule has 1 fully saturated rings. The Bertz CT molecular complexity index is 656. The van der Waals surface area contributed by atoms with Crippen molar-refractivity contribution in [1.82, 2.24) is 9.55 Å². The Balaban J connectivity index is 1.68. The third kappa shape index (κ3) is 3.53. The van der Waals surface area contributed by atoms with Crippen LogP contribution in [0.4, 0.5) is 11.4 Å². The van der Waals surface area contributed by atoms with Crippen LogP contribution in [0.15, 0.2) is 36.7 Å². The monoisotopic (exact) mass is 313 g/mol. The molecule has 0 radical (unpaired) electrons. The van der Waals surface area contributed by atoms with Crippen molar-refractivity contribution >= 4 is 17.2 Å². The van der Waals surface area contributed by atoms with Gasteiger partial charge in [0, 0.05) is 42.9 Å². The minimum Gasteiger partial charge on any atom is -0.378 e. The van der Waals surface area contributed by atoms with Gasteiger partial charge in [0.1, 0.15) is 0 Å². The fraction of sp³-hybridized carbons (Fsp3) is 0.412. The molecule has 2 aromatic rings. The van der Waals surface area contributed by atoms with E-state index in [2.05, 4.69) is 41.2 Å². The SMILES string of the molecule is CC(C)n1ccnc1C(=N)Nc1ccc(N2CCOCC2)cc1. The van der Waals surface area contributed by atoms with Crippen LogP contribution in [-0.4, -0.2) is 41.7 Å². The van der Waals surface area contributed by atoms with Gasteiger partial charge < -0.3 is 19.5 Å². The van der Waals surface area contributed by atoms with Crippen LogP contribution in [0.25, 0.3) is 0 Å². The van der Waals surface area contributed by atoms with E-state index in [4.69, 9.17) is 10.1 Å². The summed E-state index contributed by atoms with van der Waals surface area (Å²) in [5, 5.41) is 11.4. The molecule has 122 valence electrons. The van der Waals surface area contributed by atoms with E-state index in [9.17, 15) is 0 Å². The number of hydrogen-bond acceptors (Lipinski definition) is 4. The van der Waals surface area contributed by atoms with Gasteiger partial charge in [-0.2, -0.15) is 0 Å². The topological polar surface area (TPSA) is 66.2 Å². The summed E-state index contributed by atoms with van der Waals surface area (Å²) in [6.45, 7) is 7.57. The first kappa shape index (κ1) is 15.6. The molecule has 1 saturated heterocycles. The Morgan fingerprint density at radius 1 is 1.22 bits per heavy atom. The molecule has 1 aliphatic heterocycles. The van der Waals surface area contributed by atoms with Crippen molar-refractivity contribution in [3.63, 3.8) is 0 Å². The highest BCUT2D eigenvalue weighted by atomic mass is 16.5. The Hall–Kier alpha value is -2.34. The molecule has 0 amide bonds. The highest BCUT2D eigenvalue weighted by Crippen LogP contribution is 2.19. The van der Waals surface area contributed by atoms with E-state index in [0.717, 1.165) is 32.0 Å². The minimum absolute atomic E-state index is 0.276. The van der Waals surface area contributed by atoms with Crippen LogP contribution >= 0.6 is 0 Å². The number of imidazole rings is 1. The normalized spacial score (nSPS) is 15.0. The quantitative estimate of drug-likeness (QED) is 0.673. The zero-order chi connectivity index (χ0) is 16.2. The second kappa shape index (κ2) is 6.83. The summed E-state index contributed by atoms with van der Waals surface area (Å²) in [6.07, 6.45) is 3.63. The standard InChI is InChI=1S/C17H23N5O/c1-13(2)22-8-7-19-17(22)16(18)20-14-3-5-15(6-4-14)21-9-11-23-12-10-21/h3-8,13H,9-12H2,1-2H3,(H2,18,20). The number of benzene rings is 1. The first-order valence-corrected chi connectivity index (χ1v) is 7.96. The molecule has 1 aliphatic rings. The maximum absolute atomic E-state index is 8.25. The number of nitrogens with one attached hydrogen (secondary N) is 2. The van der Waals surface area contributed by atoms with E-state index in [0.29, 0.717) is 11.7 Å². The van der Waals surface area contributed by atoms with Crippen molar-refractivity contribution < 1.29 is 4.74 Å². The second-order valence-electron chi connectivity index (χ2n) is 5.90. The second-order valence-corrected chi connectivity index (χ2v) is 5.90. The van der Waals surface area contributed by atoms with Gasteiger partial charge in [-0.3, -0.25) is 5.41 Å². The average molecular weight is 313 g/mol. The summed E-state index contributed by atoms with van der Waals surface area (Å²) in [7, 11) is 0. The van der Waals surface area contributed by atoms with Gasteiger partial charge in [0.2, 0.25) is 0 Å². The summed E-state index contributed by atoms with van der Waals surface area (Å²) in [4.78, 5) is 6.59. The Morgan fingerprint density at radius 3 is 2.57 bits per heavy atom. The van der Waals surface area contributed by atoms with Crippen molar-refractivity contribution in [3.8, 4) is 0 Å². The van der Waals surface area contributed by atoms with Crippen LogP contribution in [-0.2, 0) is 4.74 Å². The van der Waals surface area contributed by atoms with Crippen molar-refractivity contribution in [2.45, 2.75) is 19.9 Å². The fourth-order valence-electron chi connectivity index (χ4n) is 2.70. The Morgan fingerprint density at radius 2 is 1.91 bits per heavy atom. The first-order valence-electron chi connectivity index (χ1n) is 7.96. The largest absolute Gasteiger partial charge is 0.378 e. The van der Waals surface area contributed by atoms with Crippen molar-refractivity contribution in [2.75, 3.05) is 36.5 Å². The van der Waals surface area contributed by atoms with E-state index in [1.54, 1.807) is 6.20 Å². The van der Waals surface area contributed by atoms with Crippen LogP contribution in [0.5, 0.6) is 0 Å². The van der Waals surface area contributed by atoms with Gasteiger partial charge in [-0.25, -0.2) is 4.98 Å². The predicted octanol–water partition coefficient (Wildman–Crippen LogP) is 2.74. The molecule has 0 aliphatic carbocycles. The number of anilines is 2. The van der Waals surface area contributed by atoms with E-state index >= 15 is 0 Å². The predicted molar refractivity (Wildman–Crippen MR) is 92.5 cm³/mol. The lowest BCUT2D eigenvalue weighted by atomic mass is 10.2. The zero-order valence-electron chi connectivity index (χ0n) is 13.6. The summed E-state index contributed by atoms with van der Waals surface area (Å²) >= 11 is 0. The maximum Gasteiger partial charge on any atom is 0.175 e. The zero-order valence-corrected chi connectivity index (χ0v) is 13.6. The summed E-state index contributed by atoms with van der Waals surface area (Å²) in [6, 6.07) is 8.44. The molecule has 6 nitrogen and oxygen atoms in total. The number of hydrogen-bond donors (Lipinski definition) is 2. The summed E-state index contributed by atoms with van der Waals surface area (Å²) in [5.74, 6) is 0.958. The highest BCUT2D eigenvalue weighted by molar-refractivity contribution is 6.03. The smallest absolute Gasteiger partial charge is 0.175 e. The van der Waals surface area contributed by atoms with Crippen molar-refractivity contribution in [2.24, 2.45) is 0 Å². The third-order valence-electron chi connectivity index (χ3n) is 3.96. The molecule has 6 heteroatoms. The summed E-state index contributed by atoms with van der Waals surface area (Å²) in [5.41, 5.74) is 2.08. The number of ether oxygens (including phenoxy) is 1. The minimum atomic E-state index is 0.276. The van der Waals surface area contributed by atoms with Crippen LogP contribution in [0.3, 0.4) is 0 Å². The van der Waals surface area contributed by atoms with Gasteiger partial charge in [0.15, 0.2) is 11.7 Å². The molecule has 1 aromatic heterocycles. The maximum atomic E-state index is 8.25. The van der Waals surface area contributed by atoms with Crippen molar-refractivity contribution in [1.29, 1.82) is 5.41 Å². The lowest BCUT2D eigenvalue weighted by Crippen LogP contribution is -2.36. The van der Waals surface area contributed by atoms with E-state index in [1.165, 1.54) is 5.69 Å². The van der Waals surface area contributed by atoms with Gasteiger partial charge in [0.05, 0.1) is 13.2 Å². The molecule has 23 heavy (non-hydrogen) atoms. The summed E-state index contributed by atoms with van der Waals surface area (Å²) < 4.78 is 7.36. The molecule has 0 saturated carbocycles. The number of morpholine rings is 1. The van der Waals surface area contributed by atoms with E-state index in [-0.39, 0.29) is 6.04 Å². The molecule has 0 unspecified atom stereocenters. The average Bonchev–Trinajstić information content (AvgIpc) is 3.06. The Labute approximate surface area is 136 Å². The van der Waals surface area contributed by atoms with Gasteiger partial charge >= 0.3 is 0 Å². The number of nitrogens with zero attached hydrogens (tertiary/aromatic N) is 3. The van der Waals surface area contributed by atoms with Crippen LogP contribution in [0.1, 0.15) is 25.7 Å². The lowest BCUT2D eigenvalue weighted by molar-refractivity contribution is 0.122. The number of aromatic nitrogens is 2. The first-order chi connectivity index (χ1) is 11.1. The molecular weight excluding hydrogens is 290 g/mol. The number of amidine groups is 1. The van der Waals surface area contributed by atoms with Crippen LogP contribution in [0.2, 0.25) is 0 Å². The third-order valence-corrected chi connectivity index (χ3v) is 3.96. The fourth-order valence-corrected chi connectivity index (χ4v) is 2.70. The van der Waals surface area contributed by atoms with Gasteiger partial charge in [-0.1, -0.05) is 0 Å².